The zero-order valence-electron chi connectivity index (χ0n) is 13.9. The van der Waals surface area contributed by atoms with Gasteiger partial charge in [-0.1, -0.05) is 12.1 Å². The molecule has 5 heteroatoms. The van der Waals surface area contributed by atoms with Crippen molar-refractivity contribution in [1.82, 2.24) is 10.6 Å². The Bertz CT molecular complexity index is 488. The smallest absolute Gasteiger partial charge is 0.412 e. The van der Waals surface area contributed by atoms with E-state index in [1.807, 2.05) is 45.0 Å². The molecular formula is C17H27N3O2. The van der Waals surface area contributed by atoms with Crippen molar-refractivity contribution in [1.29, 1.82) is 0 Å². The second-order valence-corrected chi connectivity index (χ2v) is 6.83. The van der Waals surface area contributed by atoms with Crippen molar-refractivity contribution in [2.24, 2.45) is 0 Å². The molecular weight excluding hydrogens is 278 g/mol. The Balaban J connectivity index is 1.87. The topological polar surface area (TPSA) is 62.4 Å². The highest BCUT2D eigenvalue weighted by molar-refractivity contribution is 5.84. The van der Waals surface area contributed by atoms with Crippen molar-refractivity contribution in [3.8, 4) is 0 Å². The molecule has 1 saturated heterocycles. The summed E-state index contributed by atoms with van der Waals surface area (Å²) in [6, 6.07) is 8.71. The van der Waals surface area contributed by atoms with Crippen LogP contribution in [0.1, 0.15) is 45.7 Å². The highest BCUT2D eigenvalue weighted by Crippen LogP contribution is 2.18. The zero-order valence-corrected chi connectivity index (χ0v) is 13.9. The first-order valence-corrected chi connectivity index (χ1v) is 7.90. The Kier molecular flexibility index (Phi) is 5.42. The molecule has 122 valence electrons. The summed E-state index contributed by atoms with van der Waals surface area (Å²) in [5.74, 6) is 0. The second-order valence-electron chi connectivity index (χ2n) is 6.83. The molecule has 5 nitrogen and oxygen atoms in total. The maximum absolute atomic E-state index is 11.7. The predicted octanol–water partition coefficient (Wildman–Crippen LogP) is 3.05. The van der Waals surface area contributed by atoms with E-state index in [4.69, 9.17) is 4.74 Å². The van der Waals surface area contributed by atoms with Gasteiger partial charge in [0.05, 0.1) is 0 Å². The molecule has 0 bridgehead atoms. The molecule has 1 amide bonds. The van der Waals surface area contributed by atoms with Crippen LogP contribution in [-0.4, -0.2) is 30.8 Å². The molecule has 0 aromatic heterocycles. The van der Waals surface area contributed by atoms with Gasteiger partial charge in [0, 0.05) is 24.3 Å². The maximum Gasteiger partial charge on any atom is 0.412 e. The van der Waals surface area contributed by atoms with Crippen molar-refractivity contribution < 1.29 is 9.53 Å². The van der Waals surface area contributed by atoms with Gasteiger partial charge in [-0.25, -0.2) is 4.79 Å². The molecule has 0 spiro atoms. The summed E-state index contributed by atoms with van der Waals surface area (Å²) in [6.07, 6.45) is 0.742. The molecule has 2 rings (SSSR count). The largest absolute Gasteiger partial charge is 0.444 e. The molecule has 3 N–H and O–H groups in total. The molecule has 1 aromatic carbocycles. The lowest BCUT2D eigenvalue weighted by Crippen LogP contribution is -2.33. The number of benzene rings is 1. The maximum atomic E-state index is 11.7. The number of hydrogen-bond acceptors (Lipinski definition) is 4. The van der Waals surface area contributed by atoms with Crippen LogP contribution in [0.4, 0.5) is 10.5 Å². The third-order valence-electron chi connectivity index (χ3n) is 3.60. The third kappa shape index (κ3) is 5.31. The Morgan fingerprint density at radius 2 is 2.00 bits per heavy atom. The number of carbonyl (C=O) groups is 1. The molecule has 0 saturated carbocycles. The average Bonchev–Trinajstić information content (AvgIpc) is 2.90. The lowest BCUT2D eigenvalue weighted by molar-refractivity contribution is 0.0636. The van der Waals surface area contributed by atoms with E-state index in [1.54, 1.807) is 0 Å². The van der Waals surface area contributed by atoms with Gasteiger partial charge >= 0.3 is 6.09 Å². The number of ether oxygens (including phenoxy) is 1. The monoisotopic (exact) mass is 305 g/mol. The van der Waals surface area contributed by atoms with Crippen LogP contribution in [0.15, 0.2) is 24.3 Å². The van der Waals surface area contributed by atoms with Gasteiger partial charge in [-0.3, -0.25) is 5.32 Å². The number of nitrogens with one attached hydrogen (secondary N) is 3. The SMILES string of the molecule is CC(NC1CCNC1)c1ccc(NC(=O)OC(C)(C)C)cc1. The van der Waals surface area contributed by atoms with Crippen LogP contribution in [0, 0.1) is 0 Å². The van der Waals surface area contributed by atoms with E-state index in [-0.39, 0.29) is 0 Å². The van der Waals surface area contributed by atoms with E-state index in [0.717, 1.165) is 18.8 Å². The Morgan fingerprint density at radius 3 is 2.55 bits per heavy atom. The molecule has 2 atom stereocenters. The summed E-state index contributed by atoms with van der Waals surface area (Å²) in [4.78, 5) is 11.7. The molecule has 1 heterocycles. The molecule has 1 aliphatic heterocycles. The summed E-state index contributed by atoms with van der Waals surface area (Å²) in [5.41, 5.74) is 1.46. The fourth-order valence-corrected chi connectivity index (χ4v) is 2.52. The first-order chi connectivity index (χ1) is 10.3. The van der Waals surface area contributed by atoms with E-state index in [2.05, 4.69) is 22.9 Å². The lowest BCUT2D eigenvalue weighted by atomic mass is 10.1. The quantitative estimate of drug-likeness (QED) is 0.800. The highest BCUT2D eigenvalue weighted by Gasteiger charge is 2.18. The van der Waals surface area contributed by atoms with E-state index in [9.17, 15) is 4.79 Å². The van der Waals surface area contributed by atoms with Crippen LogP contribution < -0.4 is 16.0 Å². The van der Waals surface area contributed by atoms with Crippen LogP contribution >= 0.6 is 0 Å². The number of amides is 1. The van der Waals surface area contributed by atoms with Crippen molar-refractivity contribution in [2.45, 2.75) is 51.8 Å². The Labute approximate surface area is 132 Å². The molecule has 1 fully saturated rings. The molecule has 0 radical (unpaired) electrons. The first-order valence-electron chi connectivity index (χ1n) is 7.90. The van der Waals surface area contributed by atoms with E-state index >= 15 is 0 Å². The van der Waals surface area contributed by atoms with Crippen molar-refractivity contribution in [2.75, 3.05) is 18.4 Å². The van der Waals surface area contributed by atoms with Crippen LogP contribution in [-0.2, 0) is 4.74 Å². The standard InChI is InChI=1S/C17H27N3O2/c1-12(19-15-9-10-18-11-15)13-5-7-14(8-6-13)20-16(21)22-17(2,3)4/h5-8,12,15,18-19H,9-11H2,1-4H3,(H,20,21). The minimum atomic E-state index is -0.488. The van der Waals surface area contributed by atoms with Crippen LogP contribution in [0.2, 0.25) is 0 Å². The van der Waals surface area contributed by atoms with Gasteiger partial charge in [-0.2, -0.15) is 0 Å². The van der Waals surface area contributed by atoms with Gasteiger partial charge in [0.2, 0.25) is 0 Å². The summed E-state index contributed by atoms with van der Waals surface area (Å²) >= 11 is 0. The predicted molar refractivity (Wildman–Crippen MR) is 89.1 cm³/mol. The highest BCUT2D eigenvalue weighted by atomic mass is 16.6. The van der Waals surface area contributed by atoms with Crippen molar-refractivity contribution in [3.63, 3.8) is 0 Å². The molecule has 22 heavy (non-hydrogen) atoms. The normalized spacial score (nSPS) is 19.7. The fraction of sp³-hybridized carbons (Fsp3) is 0.588. The Morgan fingerprint density at radius 1 is 1.32 bits per heavy atom. The first kappa shape index (κ1) is 16.8. The number of rotatable bonds is 4. The van der Waals surface area contributed by atoms with Gasteiger partial charge < -0.3 is 15.4 Å². The zero-order chi connectivity index (χ0) is 16.2. The van der Waals surface area contributed by atoms with Gasteiger partial charge in [0.1, 0.15) is 5.60 Å². The molecule has 0 aliphatic carbocycles. The van der Waals surface area contributed by atoms with Gasteiger partial charge in [0.25, 0.3) is 0 Å². The minimum absolute atomic E-state index is 0.292. The van der Waals surface area contributed by atoms with E-state index in [0.29, 0.717) is 12.1 Å². The van der Waals surface area contributed by atoms with Crippen LogP contribution in [0.25, 0.3) is 0 Å². The van der Waals surface area contributed by atoms with E-state index < -0.39 is 11.7 Å². The lowest BCUT2D eigenvalue weighted by Gasteiger charge is -2.21. The summed E-state index contributed by atoms with van der Waals surface area (Å²) in [7, 11) is 0. The second kappa shape index (κ2) is 7.11. The van der Waals surface area contributed by atoms with Crippen LogP contribution in [0.3, 0.4) is 0 Å². The van der Waals surface area contributed by atoms with Gasteiger partial charge in [0.15, 0.2) is 0 Å². The molecule has 1 aliphatic rings. The summed E-state index contributed by atoms with van der Waals surface area (Å²) < 4.78 is 5.24. The van der Waals surface area contributed by atoms with Gasteiger partial charge in [-0.05, 0) is 58.4 Å². The van der Waals surface area contributed by atoms with Crippen molar-refractivity contribution >= 4 is 11.8 Å². The molecule has 2 unspecified atom stereocenters. The molecule has 1 aromatic rings. The summed E-state index contributed by atoms with van der Waals surface area (Å²) in [6.45, 7) is 9.82. The van der Waals surface area contributed by atoms with Gasteiger partial charge in [-0.15, -0.1) is 0 Å². The number of anilines is 1. The van der Waals surface area contributed by atoms with Crippen molar-refractivity contribution in [3.05, 3.63) is 29.8 Å². The van der Waals surface area contributed by atoms with Crippen LogP contribution in [0.5, 0.6) is 0 Å². The minimum Gasteiger partial charge on any atom is -0.444 e. The summed E-state index contributed by atoms with van der Waals surface area (Å²) in [5, 5.41) is 9.71. The van der Waals surface area contributed by atoms with E-state index in [1.165, 1.54) is 12.0 Å². The third-order valence-corrected chi connectivity index (χ3v) is 3.60. The fourth-order valence-electron chi connectivity index (χ4n) is 2.52. The number of hydrogen-bond donors (Lipinski definition) is 3. The average molecular weight is 305 g/mol. The number of carbonyl (C=O) groups excluding carboxylic acids is 1. The Hall–Kier alpha value is -1.59.